The molecule has 1 aliphatic rings. The lowest BCUT2D eigenvalue weighted by Gasteiger charge is -2.17. The van der Waals surface area contributed by atoms with Crippen LogP contribution in [0.1, 0.15) is 11.1 Å². The van der Waals surface area contributed by atoms with Gasteiger partial charge in [0.15, 0.2) is 16.3 Å². The molecule has 174 valence electrons. The van der Waals surface area contributed by atoms with Crippen LogP contribution in [0.3, 0.4) is 0 Å². The van der Waals surface area contributed by atoms with Gasteiger partial charge in [0.1, 0.15) is 0 Å². The molecule has 5 rings (SSSR count). The number of para-hydroxylation sites is 1. The zero-order valence-corrected chi connectivity index (χ0v) is 20.3. The quantitative estimate of drug-likeness (QED) is 0.398. The number of rotatable bonds is 5. The lowest BCUT2D eigenvalue weighted by molar-refractivity contribution is -0.116. The van der Waals surface area contributed by atoms with E-state index in [-0.39, 0.29) is 11.7 Å². The van der Waals surface area contributed by atoms with Crippen LogP contribution < -0.4 is 16.1 Å². The van der Waals surface area contributed by atoms with Crippen molar-refractivity contribution >= 4 is 46.1 Å². The standard InChI is InChI=1S/C24H22ClN5O3S/c1-27-21-20(22(32)28(2)24(27)33)30(13-15-7-9-17(25)10-8-15)23(26-21)34-14-19(31)29-12-11-16-5-3-4-6-18(16)29/h3-10H,11-14H2,1-2H3. The van der Waals surface area contributed by atoms with E-state index < -0.39 is 11.2 Å². The summed E-state index contributed by atoms with van der Waals surface area (Å²) in [6, 6.07) is 15.2. The van der Waals surface area contributed by atoms with Crippen molar-refractivity contribution in [3.63, 3.8) is 0 Å². The minimum absolute atomic E-state index is 0.0261. The number of anilines is 1. The summed E-state index contributed by atoms with van der Waals surface area (Å²) in [5, 5.41) is 1.12. The molecule has 0 aliphatic carbocycles. The number of hydrogen-bond donors (Lipinski definition) is 0. The van der Waals surface area contributed by atoms with E-state index in [2.05, 4.69) is 4.98 Å². The van der Waals surface area contributed by atoms with E-state index in [4.69, 9.17) is 11.6 Å². The van der Waals surface area contributed by atoms with Crippen molar-refractivity contribution in [2.45, 2.75) is 18.1 Å². The van der Waals surface area contributed by atoms with Crippen LogP contribution in [0.25, 0.3) is 11.2 Å². The first-order chi connectivity index (χ1) is 16.3. The van der Waals surface area contributed by atoms with Crippen molar-refractivity contribution in [3.8, 4) is 0 Å². The molecule has 3 heterocycles. The van der Waals surface area contributed by atoms with Gasteiger partial charge in [-0.15, -0.1) is 0 Å². The molecule has 8 nitrogen and oxygen atoms in total. The van der Waals surface area contributed by atoms with Gasteiger partial charge in [0, 0.05) is 31.4 Å². The summed E-state index contributed by atoms with van der Waals surface area (Å²) in [6.07, 6.45) is 0.833. The third-order valence-electron chi connectivity index (χ3n) is 6.08. The predicted molar refractivity (Wildman–Crippen MR) is 134 cm³/mol. The zero-order chi connectivity index (χ0) is 24.0. The highest BCUT2D eigenvalue weighted by molar-refractivity contribution is 7.99. The minimum Gasteiger partial charge on any atom is -0.311 e. The van der Waals surface area contributed by atoms with Crippen LogP contribution in [-0.2, 0) is 31.9 Å². The maximum absolute atomic E-state index is 13.1. The van der Waals surface area contributed by atoms with Crippen molar-refractivity contribution in [3.05, 3.63) is 85.5 Å². The Morgan fingerprint density at radius 2 is 1.79 bits per heavy atom. The van der Waals surface area contributed by atoms with E-state index in [1.54, 1.807) is 28.6 Å². The Hall–Kier alpha value is -3.30. The lowest BCUT2D eigenvalue weighted by Crippen LogP contribution is -2.37. The third-order valence-corrected chi connectivity index (χ3v) is 7.29. The lowest BCUT2D eigenvalue weighted by atomic mass is 10.2. The first-order valence-corrected chi connectivity index (χ1v) is 12.1. The smallest absolute Gasteiger partial charge is 0.311 e. The van der Waals surface area contributed by atoms with E-state index in [0.717, 1.165) is 27.8 Å². The van der Waals surface area contributed by atoms with E-state index in [9.17, 15) is 14.4 Å². The molecule has 0 bridgehead atoms. The molecule has 0 unspecified atom stereocenters. The fourth-order valence-corrected chi connectivity index (χ4v) is 5.25. The van der Waals surface area contributed by atoms with Gasteiger partial charge in [-0.25, -0.2) is 9.78 Å². The summed E-state index contributed by atoms with van der Waals surface area (Å²) in [6.45, 7) is 0.999. The predicted octanol–water partition coefficient (Wildman–Crippen LogP) is 2.82. The molecule has 2 aromatic carbocycles. The number of carbonyl (C=O) groups excluding carboxylic acids is 1. The molecule has 0 radical (unpaired) electrons. The van der Waals surface area contributed by atoms with Crippen molar-refractivity contribution < 1.29 is 4.79 Å². The fourth-order valence-electron chi connectivity index (χ4n) is 4.26. The Morgan fingerprint density at radius 1 is 1.06 bits per heavy atom. The molecule has 4 aromatic rings. The molecular formula is C24H22ClN5O3S. The first-order valence-electron chi connectivity index (χ1n) is 10.8. The van der Waals surface area contributed by atoms with E-state index in [1.807, 2.05) is 36.4 Å². The normalized spacial score (nSPS) is 13.0. The average Bonchev–Trinajstić information content (AvgIpc) is 3.43. The number of benzene rings is 2. The summed E-state index contributed by atoms with van der Waals surface area (Å²) in [5.74, 6) is 0.133. The van der Waals surface area contributed by atoms with Crippen LogP contribution in [-0.4, -0.2) is 36.9 Å². The molecule has 34 heavy (non-hydrogen) atoms. The Bertz CT molecular complexity index is 1540. The largest absolute Gasteiger partial charge is 0.332 e. The van der Waals surface area contributed by atoms with E-state index >= 15 is 0 Å². The number of nitrogens with zero attached hydrogens (tertiary/aromatic N) is 5. The highest BCUT2D eigenvalue weighted by Crippen LogP contribution is 2.29. The van der Waals surface area contributed by atoms with Gasteiger partial charge in [-0.3, -0.25) is 18.7 Å². The molecule has 10 heteroatoms. The second-order valence-electron chi connectivity index (χ2n) is 8.20. The van der Waals surface area contributed by atoms with Gasteiger partial charge < -0.3 is 9.47 Å². The molecule has 0 saturated heterocycles. The zero-order valence-electron chi connectivity index (χ0n) is 18.7. The number of thioether (sulfide) groups is 1. The van der Waals surface area contributed by atoms with Crippen LogP contribution >= 0.6 is 23.4 Å². The summed E-state index contributed by atoms with van der Waals surface area (Å²) in [7, 11) is 3.04. The minimum atomic E-state index is -0.449. The monoisotopic (exact) mass is 495 g/mol. The van der Waals surface area contributed by atoms with Gasteiger partial charge in [0.05, 0.1) is 12.3 Å². The molecule has 1 aliphatic heterocycles. The van der Waals surface area contributed by atoms with Gasteiger partial charge >= 0.3 is 5.69 Å². The second kappa shape index (κ2) is 8.81. The fraction of sp³-hybridized carbons (Fsp3) is 0.250. The van der Waals surface area contributed by atoms with Crippen molar-refractivity contribution in [2.75, 3.05) is 17.2 Å². The number of imidazole rings is 1. The highest BCUT2D eigenvalue weighted by Gasteiger charge is 2.26. The Balaban J connectivity index is 1.52. The number of halogens is 1. The number of aromatic nitrogens is 4. The highest BCUT2D eigenvalue weighted by atomic mass is 35.5. The topological polar surface area (TPSA) is 82.1 Å². The second-order valence-corrected chi connectivity index (χ2v) is 9.58. The number of aryl methyl sites for hydroxylation is 1. The average molecular weight is 496 g/mol. The maximum atomic E-state index is 13.1. The summed E-state index contributed by atoms with van der Waals surface area (Å²) in [4.78, 5) is 45.0. The summed E-state index contributed by atoms with van der Waals surface area (Å²) in [5.41, 5.74) is 2.76. The Kier molecular flexibility index (Phi) is 5.83. The van der Waals surface area contributed by atoms with Gasteiger partial charge in [0.25, 0.3) is 5.56 Å². The van der Waals surface area contributed by atoms with E-state index in [0.29, 0.717) is 34.4 Å². The summed E-state index contributed by atoms with van der Waals surface area (Å²) < 4.78 is 4.21. The van der Waals surface area contributed by atoms with Gasteiger partial charge in [-0.05, 0) is 35.7 Å². The van der Waals surface area contributed by atoms with Gasteiger partial charge in [-0.2, -0.15) is 0 Å². The molecule has 0 saturated carbocycles. The first kappa shape index (κ1) is 22.5. The number of hydrogen-bond acceptors (Lipinski definition) is 5. The molecule has 0 atom stereocenters. The SMILES string of the molecule is Cn1c(=O)c2c(nc(SCC(=O)N3CCc4ccccc43)n2Cc2ccc(Cl)cc2)n(C)c1=O. The molecule has 0 fully saturated rings. The van der Waals surface area contributed by atoms with E-state index in [1.165, 1.54) is 23.4 Å². The van der Waals surface area contributed by atoms with Gasteiger partial charge in [0.2, 0.25) is 5.91 Å². The molecule has 1 amide bonds. The van der Waals surface area contributed by atoms with Crippen molar-refractivity contribution in [1.29, 1.82) is 0 Å². The third kappa shape index (κ3) is 3.84. The maximum Gasteiger partial charge on any atom is 0.332 e. The molecule has 0 N–H and O–H groups in total. The van der Waals surface area contributed by atoms with Crippen molar-refractivity contribution in [1.82, 2.24) is 18.7 Å². The van der Waals surface area contributed by atoms with Gasteiger partial charge in [-0.1, -0.05) is 53.7 Å². The molecule has 2 aromatic heterocycles. The Labute approximate surface area is 204 Å². The molecular weight excluding hydrogens is 474 g/mol. The molecule has 0 spiro atoms. The van der Waals surface area contributed by atoms with Crippen LogP contribution in [0.4, 0.5) is 5.69 Å². The van der Waals surface area contributed by atoms with Crippen LogP contribution in [0.15, 0.2) is 63.3 Å². The number of carbonyl (C=O) groups is 1. The van der Waals surface area contributed by atoms with Crippen LogP contribution in [0, 0.1) is 0 Å². The number of amides is 1. The number of fused-ring (bicyclic) bond motifs is 2. The van der Waals surface area contributed by atoms with Crippen molar-refractivity contribution in [2.24, 2.45) is 14.1 Å². The van der Waals surface area contributed by atoms with Crippen LogP contribution in [0.2, 0.25) is 5.02 Å². The van der Waals surface area contributed by atoms with Crippen LogP contribution in [0.5, 0.6) is 0 Å². The summed E-state index contributed by atoms with van der Waals surface area (Å²) >= 11 is 7.29. The Morgan fingerprint density at radius 3 is 2.56 bits per heavy atom.